The maximum Gasteiger partial charge on any atom is 0.418 e. The number of hydrogen-bond acceptors (Lipinski definition) is 13. The van der Waals surface area contributed by atoms with Crippen molar-refractivity contribution < 1.29 is 67.7 Å². The predicted octanol–water partition coefficient (Wildman–Crippen LogP) is 4.37. The lowest BCUT2D eigenvalue weighted by Crippen LogP contribution is -2.68. The summed E-state index contributed by atoms with van der Waals surface area (Å²) in [5.41, 5.74) is -0.181. The smallest absolute Gasteiger partial charge is 0.418 e. The quantitative estimate of drug-likeness (QED) is 0.0837. The molecule has 4 bridgehead atoms. The number of hydroxylamine groups is 4. The van der Waals surface area contributed by atoms with Gasteiger partial charge in [-0.2, -0.15) is 27.0 Å². The molecule has 0 aromatic carbocycles. The Labute approximate surface area is 427 Å². The van der Waals surface area contributed by atoms with Crippen molar-refractivity contribution in [1.29, 1.82) is 0 Å². The van der Waals surface area contributed by atoms with Crippen molar-refractivity contribution in [3.63, 3.8) is 0 Å². The highest BCUT2D eigenvalue weighted by Gasteiger charge is 2.56. The number of likely N-dealkylation sites (tertiary alicyclic amines) is 1. The van der Waals surface area contributed by atoms with E-state index in [0.717, 1.165) is 38.8 Å². The Kier molecular flexibility index (Phi) is 18.8. The summed E-state index contributed by atoms with van der Waals surface area (Å²) in [6.07, 6.45) is 15.8. The van der Waals surface area contributed by atoms with Crippen LogP contribution in [-0.2, 0) is 43.7 Å². The second-order valence-corrected chi connectivity index (χ2v) is 24.8. The Morgan fingerprint density at radius 2 is 1.03 bits per heavy atom. The van der Waals surface area contributed by atoms with Crippen molar-refractivity contribution in [1.82, 2.24) is 40.8 Å². The SMILES string of the molecule is CC(C)(C)OC(=O)N1CC2(CC(NC(=O)[C@@H]3CC[C@@H]4CN3C(=O)N4OS(=O)(=O)O)C2)C1.CCCC[N+](CCCC)(CCCC)CCCC.O=C(NC1CC2(CNC2)C1)[C@@H]1CC[C@@H]2CN1C(=O)N2OS(=O)(=O)O. The molecule has 0 unspecified atom stereocenters. The lowest BCUT2D eigenvalue weighted by Gasteiger charge is -2.58. The Hall–Kier alpha value is -3.59. The van der Waals surface area contributed by atoms with Crippen LogP contribution in [0.4, 0.5) is 14.4 Å². The van der Waals surface area contributed by atoms with Crippen LogP contribution in [0.1, 0.15) is 151 Å². The normalized spacial score (nSPS) is 26.1. The van der Waals surface area contributed by atoms with Gasteiger partial charge < -0.3 is 39.9 Å². The number of quaternary nitrogens is 1. The first-order valence-corrected chi connectivity index (χ1v) is 29.2. The van der Waals surface area contributed by atoms with E-state index in [0.29, 0.717) is 54.3 Å². The van der Waals surface area contributed by atoms with Crippen LogP contribution < -0.4 is 16.0 Å². The summed E-state index contributed by atoms with van der Waals surface area (Å²) in [4.78, 5) is 66.3. The summed E-state index contributed by atoms with van der Waals surface area (Å²) >= 11 is 0. The van der Waals surface area contributed by atoms with Crippen LogP contribution in [0.25, 0.3) is 0 Å². The molecule has 25 heteroatoms. The van der Waals surface area contributed by atoms with Crippen LogP contribution in [0.2, 0.25) is 0 Å². The average Bonchev–Trinajstić information content (AvgIpc) is 3.61. The molecule has 6 heterocycles. The Morgan fingerprint density at radius 1 is 0.653 bits per heavy atom. The molecular weight excluding hydrogens is 979 g/mol. The average molecular weight is 1060 g/mol. The molecule has 4 atom stereocenters. The Morgan fingerprint density at radius 3 is 1.35 bits per heavy atom. The fraction of sp³-hybridized carbons (Fsp3) is 0.894. The minimum absolute atomic E-state index is 0.0100. The molecule has 0 radical (unpaired) electrons. The highest BCUT2D eigenvalue weighted by molar-refractivity contribution is 7.81. The van der Waals surface area contributed by atoms with Crippen molar-refractivity contribution in [2.24, 2.45) is 10.8 Å². The molecule has 8 fully saturated rings. The molecule has 5 N–H and O–H groups in total. The molecule has 23 nitrogen and oxygen atoms in total. The van der Waals surface area contributed by atoms with Gasteiger partial charge in [-0.3, -0.25) is 18.7 Å². The predicted molar refractivity (Wildman–Crippen MR) is 264 cm³/mol. The summed E-state index contributed by atoms with van der Waals surface area (Å²) in [6.45, 7) is 24.1. The molecule has 6 saturated heterocycles. The lowest BCUT2D eigenvalue weighted by molar-refractivity contribution is -0.929. The van der Waals surface area contributed by atoms with Gasteiger partial charge in [0.2, 0.25) is 11.8 Å². The molecule has 0 aromatic rings. The number of hydrogen-bond donors (Lipinski definition) is 5. The second-order valence-electron chi connectivity index (χ2n) is 22.8. The van der Waals surface area contributed by atoms with E-state index in [1.165, 1.54) is 91.8 Å². The molecule has 2 aliphatic carbocycles. The molecule has 72 heavy (non-hydrogen) atoms. The zero-order chi connectivity index (χ0) is 52.9. The van der Waals surface area contributed by atoms with Crippen molar-refractivity contribution >= 4 is 50.8 Å². The van der Waals surface area contributed by atoms with Gasteiger partial charge in [0, 0.05) is 56.8 Å². The summed E-state index contributed by atoms with van der Waals surface area (Å²) < 4.78 is 76.8. The first-order valence-electron chi connectivity index (χ1n) is 26.4. The molecule has 7 amide bonds. The third-order valence-corrected chi connectivity index (χ3v) is 16.4. The van der Waals surface area contributed by atoms with E-state index in [1.54, 1.807) is 4.90 Å². The minimum atomic E-state index is -4.82. The maximum absolute atomic E-state index is 12.8. The van der Waals surface area contributed by atoms with Crippen LogP contribution in [0.15, 0.2) is 0 Å². The van der Waals surface area contributed by atoms with Crippen molar-refractivity contribution in [2.75, 3.05) is 65.4 Å². The molecule has 412 valence electrons. The second kappa shape index (κ2) is 23.5. The van der Waals surface area contributed by atoms with E-state index < -0.39 is 62.6 Å². The zero-order valence-corrected chi connectivity index (χ0v) is 45.3. The number of nitrogens with zero attached hydrogens (tertiary/aromatic N) is 6. The summed E-state index contributed by atoms with van der Waals surface area (Å²) in [6, 6.07) is -3.69. The van der Waals surface area contributed by atoms with Gasteiger partial charge in [0.05, 0.1) is 38.3 Å². The fourth-order valence-electron chi connectivity index (χ4n) is 11.9. The number of nitrogens with one attached hydrogen (secondary N) is 3. The van der Waals surface area contributed by atoms with Gasteiger partial charge in [0.15, 0.2) is 0 Å². The maximum atomic E-state index is 12.8. The molecule has 2 spiro atoms. The topological polar surface area (TPSA) is 274 Å². The summed E-state index contributed by atoms with van der Waals surface area (Å²) in [7, 11) is -9.59. The number of rotatable bonds is 20. The summed E-state index contributed by atoms with van der Waals surface area (Å²) in [5, 5.41) is 10.5. The number of piperidine rings is 2. The van der Waals surface area contributed by atoms with Crippen LogP contribution >= 0.6 is 0 Å². The standard InChI is InChI=1S/C18H28N4O8S.C16H36N.C13H20N4O6S/c1-17(2,3)29-16(25)20-9-18(10-20)6-11(7-18)19-14(23)13-5-4-12-8-21(13)15(24)22(12)30-31(26,27)28;1-5-9-13-17(14-10-6-2,15-11-7-3)16-12-8-4;18-11(15-8-3-13(4-8)6-14-7-13)10-2-1-9-5-16(10)12(19)17(9)23-24(20,21)22/h11-13H,4-10H2,1-3H3,(H,19,23)(H,26,27,28);5-16H2,1-4H3;8-10,14H,1-7H2,(H,15,18)(H,20,21,22)/q;+1;/t12-,13+;;9-,10+/m1.1/s1. The van der Waals surface area contributed by atoms with Gasteiger partial charge in [-0.05, 0) is 103 Å². The van der Waals surface area contributed by atoms with Crippen molar-refractivity contribution in [3.05, 3.63) is 0 Å². The third-order valence-electron chi connectivity index (χ3n) is 15.7. The highest BCUT2D eigenvalue weighted by Crippen LogP contribution is 2.49. The van der Waals surface area contributed by atoms with E-state index >= 15 is 0 Å². The van der Waals surface area contributed by atoms with Gasteiger partial charge >= 0.3 is 39.0 Å². The highest BCUT2D eigenvalue weighted by atomic mass is 32.3. The number of urea groups is 2. The molecule has 0 aromatic heterocycles. The monoisotopic (exact) mass is 1060 g/mol. The number of amides is 7. The Balaban J connectivity index is 0.000000185. The van der Waals surface area contributed by atoms with Gasteiger partial charge in [-0.25, -0.2) is 14.4 Å². The van der Waals surface area contributed by atoms with Crippen LogP contribution in [0, 0.1) is 10.8 Å². The first kappa shape index (κ1) is 57.7. The first-order chi connectivity index (χ1) is 33.8. The molecule has 8 rings (SSSR count). The number of ether oxygens (including phenoxy) is 1. The van der Waals surface area contributed by atoms with E-state index in [-0.39, 0.29) is 48.5 Å². The van der Waals surface area contributed by atoms with E-state index in [1.807, 2.05) is 20.8 Å². The number of carbonyl (C=O) groups is 5. The van der Waals surface area contributed by atoms with Gasteiger partial charge in [-0.1, -0.05) is 53.4 Å². The minimum Gasteiger partial charge on any atom is -0.444 e. The zero-order valence-electron chi connectivity index (χ0n) is 43.6. The van der Waals surface area contributed by atoms with Crippen molar-refractivity contribution in [2.45, 2.75) is 193 Å². The van der Waals surface area contributed by atoms with E-state index in [2.05, 4.69) is 52.2 Å². The van der Waals surface area contributed by atoms with Gasteiger partial charge in [0.1, 0.15) is 17.7 Å². The lowest BCUT2D eigenvalue weighted by atomic mass is 9.60. The van der Waals surface area contributed by atoms with Gasteiger partial charge in [-0.15, -0.1) is 8.57 Å². The fourth-order valence-corrected chi connectivity index (χ4v) is 12.6. The van der Waals surface area contributed by atoms with Crippen LogP contribution in [0.5, 0.6) is 0 Å². The molecule has 8 aliphatic rings. The molecule has 6 aliphatic heterocycles. The van der Waals surface area contributed by atoms with Gasteiger partial charge in [0.25, 0.3) is 0 Å². The van der Waals surface area contributed by atoms with Crippen molar-refractivity contribution in [3.8, 4) is 0 Å². The summed E-state index contributed by atoms with van der Waals surface area (Å²) in [5.74, 6) is -0.494. The van der Waals surface area contributed by atoms with E-state index in [9.17, 15) is 40.8 Å². The van der Waals surface area contributed by atoms with Crippen LogP contribution in [-0.4, -0.2) is 193 Å². The third kappa shape index (κ3) is 14.6. The Bertz CT molecular complexity index is 2100. The molecule has 2 saturated carbocycles. The van der Waals surface area contributed by atoms with Crippen LogP contribution in [0.3, 0.4) is 0 Å². The largest absolute Gasteiger partial charge is 0.444 e. The number of fused-ring (bicyclic) bond motifs is 4. The number of carbonyl (C=O) groups excluding carboxylic acids is 5. The molecular formula is C47H84N9O14S2+. The number of unbranched alkanes of at least 4 members (excludes halogenated alkanes) is 4. The van der Waals surface area contributed by atoms with E-state index in [4.69, 9.17) is 13.8 Å².